The molecule has 4 nitrogen and oxygen atoms in total. The normalized spacial score (nSPS) is 11.0. The van der Waals surface area contributed by atoms with E-state index >= 15 is 0 Å². The van der Waals surface area contributed by atoms with Crippen LogP contribution < -0.4 is 14.8 Å². The number of anilines is 1. The number of para-hydroxylation sites is 1. The number of ether oxygens (including phenoxy) is 2. The van der Waals surface area contributed by atoms with Crippen molar-refractivity contribution in [3.63, 3.8) is 0 Å². The molecule has 0 heterocycles. The number of rotatable bonds is 5. The van der Waals surface area contributed by atoms with Crippen LogP contribution in [0.15, 0.2) is 48.5 Å². The van der Waals surface area contributed by atoms with E-state index in [0.717, 1.165) is 11.3 Å². The van der Waals surface area contributed by atoms with Crippen LogP contribution in [0.1, 0.15) is 26.3 Å². The molecule has 0 aromatic heterocycles. The maximum atomic E-state index is 12.2. The summed E-state index contributed by atoms with van der Waals surface area (Å²) >= 11 is 0. The second kappa shape index (κ2) is 7.18. The van der Waals surface area contributed by atoms with Gasteiger partial charge in [0.05, 0.1) is 7.11 Å². The predicted octanol–water partition coefficient (Wildman–Crippen LogP) is 4.01. The molecule has 0 aliphatic rings. The summed E-state index contributed by atoms with van der Waals surface area (Å²) in [6.45, 7) is 6.30. The van der Waals surface area contributed by atoms with Gasteiger partial charge in [-0.25, -0.2) is 0 Å². The Bertz CT molecular complexity index is 674. The van der Waals surface area contributed by atoms with Crippen molar-refractivity contribution < 1.29 is 14.3 Å². The van der Waals surface area contributed by atoms with Crippen LogP contribution in [0.25, 0.3) is 0 Å². The smallest absolute Gasteiger partial charge is 0.262 e. The van der Waals surface area contributed by atoms with Crippen molar-refractivity contribution in [3.8, 4) is 11.5 Å². The van der Waals surface area contributed by atoms with Gasteiger partial charge in [0.1, 0.15) is 11.5 Å². The summed E-state index contributed by atoms with van der Waals surface area (Å²) in [5, 5.41) is 2.92. The highest BCUT2D eigenvalue weighted by molar-refractivity contribution is 5.92. The molecule has 122 valence electrons. The number of hydrogen-bond donors (Lipinski definition) is 1. The molecular weight excluding hydrogens is 290 g/mol. The van der Waals surface area contributed by atoms with Crippen molar-refractivity contribution in [2.24, 2.45) is 0 Å². The third-order valence-corrected chi connectivity index (χ3v) is 3.42. The fourth-order valence-corrected chi connectivity index (χ4v) is 2.27. The third kappa shape index (κ3) is 4.74. The van der Waals surface area contributed by atoms with Crippen LogP contribution in [0.5, 0.6) is 11.5 Å². The number of carbonyl (C=O) groups excluding carboxylic acids is 1. The Balaban J connectivity index is 2.00. The Morgan fingerprint density at radius 3 is 2.43 bits per heavy atom. The molecule has 0 aliphatic carbocycles. The maximum absolute atomic E-state index is 12.2. The molecule has 23 heavy (non-hydrogen) atoms. The van der Waals surface area contributed by atoms with E-state index in [1.54, 1.807) is 19.2 Å². The lowest BCUT2D eigenvalue weighted by Crippen LogP contribution is -2.23. The van der Waals surface area contributed by atoms with E-state index in [-0.39, 0.29) is 17.9 Å². The van der Waals surface area contributed by atoms with Gasteiger partial charge in [0, 0.05) is 11.8 Å². The van der Waals surface area contributed by atoms with Gasteiger partial charge in [0.25, 0.3) is 5.91 Å². The van der Waals surface area contributed by atoms with Gasteiger partial charge >= 0.3 is 0 Å². The number of hydrogen-bond acceptors (Lipinski definition) is 3. The Hall–Kier alpha value is -2.49. The minimum atomic E-state index is -0.190. The molecule has 0 spiro atoms. The predicted molar refractivity (Wildman–Crippen MR) is 92.3 cm³/mol. The lowest BCUT2D eigenvalue weighted by atomic mass is 9.86. The first kappa shape index (κ1) is 16.9. The summed E-state index contributed by atoms with van der Waals surface area (Å²) in [7, 11) is 1.59. The summed E-state index contributed by atoms with van der Waals surface area (Å²) in [6.07, 6.45) is 0. The monoisotopic (exact) mass is 313 g/mol. The van der Waals surface area contributed by atoms with Gasteiger partial charge in [-0.1, -0.05) is 45.0 Å². The average molecular weight is 313 g/mol. The molecule has 0 saturated heterocycles. The second-order valence-electron chi connectivity index (χ2n) is 6.31. The summed E-state index contributed by atoms with van der Waals surface area (Å²) in [4.78, 5) is 12.2. The van der Waals surface area contributed by atoms with Gasteiger partial charge < -0.3 is 14.8 Å². The zero-order chi connectivity index (χ0) is 16.9. The standard InChI is InChI=1S/C19H23NO3/c1-19(2,3)16-10-5-6-11-17(16)20-18(21)13-23-15-9-7-8-14(12-15)22-4/h5-12H,13H2,1-4H3,(H,20,21). The van der Waals surface area contributed by atoms with Crippen LogP contribution in [0.2, 0.25) is 0 Å². The summed E-state index contributed by atoms with van der Waals surface area (Å²) in [5.74, 6) is 1.11. The van der Waals surface area contributed by atoms with E-state index in [2.05, 4.69) is 26.1 Å². The molecule has 1 amide bonds. The number of methoxy groups -OCH3 is 1. The fourth-order valence-electron chi connectivity index (χ4n) is 2.27. The van der Waals surface area contributed by atoms with Crippen molar-refractivity contribution in [2.75, 3.05) is 19.0 Å². The Labute approximate surface area is 137 Å². The molecule has 0 fully saturated rings. The molecule has 0 atom stereocenters. The van der Waals surface area contributed by atoms with Crippen molar-refractivity contribution >= 4 is 11.6 Å². The van der Waals surface area contributed by atoms with E-state index in [1.165, 1.54) is 0 Å². The molecular formula is C19H23NO3. The highest BCUT2D eigenvalue weighted by atomic mass is 16.5. The molecule has 2 rings (SSSR count). The van der Waals surface area contributed by atoms with Gasteiger partial charge in [-0.05, 0) is 29.2 Å². The zero-order valence-electron chi connectivity index (χ0n) is 14.1. The zero-order valence-corrected chi connectivity index (χ0v) is 14.1. The fraction of sp³-hybridized carbons (Fsp3) is 0.316. The van der Waals surface area contributed by atoms with Gasteiger partial charge in [-0.2, -0.15) is 0 Å². The first-order chi connectivity index (χ1) is 10.9. The van der Waals surface area contributed by atoms with Crippen LogP contribution in [0, 0.1) is 0 Å². The highest BCUT2D eigenvalue weighted by Crippen LogP contribution is 2.29. The van der Waals surface area contributed by atoms with Crippen LogP contribution in [-0.2, 0) is 10.2 Å². The van der Waals surface area contributed by atoms with E-state index in [1.807, 2.05) is 36.4 Å². The molecule has 4 heteroatoms. The molecule has 0 saturated carbocycles. The van der Waals surface area contributed by atoms with Crippen molar-refractivity contribution in [1.82, 2.24) is 0 Å². The number of benzene rings is 2. The topological polar surface area (TPSA) is 47.6 Å². The third-order valence-electron chi connectivity index (χ3n) is 3.42. The molecule has 0 bridgehead atoms. The number of carbonyl (C=O) groups is 1. The van der Waals surface area contributed by atoms with Crippen molar-refractivity contribution in [2.45, 2.75) is 26.2 Å². The van der Waals surface area contributed by atoms with Crippen LogP contribution in [-0.4, -0.2) is 19.6 Å². The van der Waals surface area contributed by atoms with Gasteiger partial charge in [0.2, 0.25) is 0 Å². The maximum Gasteiger partial charge on any atom is 0.262 e. The first-order valence-electron chi connectivity index (χ1n) is 7.56. The quantitative estimate of drug-likeness (QED) is 0.907. The van der Waals surface area contributed by atoms with Gasteiger partial charge in [-0.15, -0.1) is 0 Å². The summed E-state index contributed by atoms with van der Waals surface area (Å²) in [5.41, 5.74) is 1.87. The largest absolute Gasteiger partial charge is 0.497 e. The summed E-state index contributed by atoms with van der Waals surface area (Å²) in [6, 6.07) is 15.0. The minimum Gasteiger partial charge on any atom is -0.497 e. The molecule has 0 radical (unpaired) electrons. The van der Waals surface area contributed by atoms with Gasteiger partial charge in [0.15, 0.2) is 6.61 Å². The van der Waals surface area contributed by atoms with Crippen LogP contribution in [0.3, 0.4) is 0 Å². The first-order valence-corrected chi connectivity index (χ1v) is 7.56. The van der Waals surface area contributed by atoms with Crippen LogP contribution >= 0.6 is 0 Å². The Morgan fingerprint density at radius 1 is 1.04 bits per heavy atom. The Kier molecular flexibility index (Phi) is 5.27. The molecule has 0 aliphatic heterocycles. The summed E-state index contributed by atoms with van der Waals surface area (Å²) < 4.78 is 10.6. The minimum absolute atomic E-state index is 0.0441. The van der Waals surface area contributed by atoms with Gasteiger partial charge in [-0.3, -0.25) is 4.79 Å². The van der Waals surface area contributed by atoms with Crippen molar-refractivity contribution in [3.05, 3.63) is 54.1 Å². The van der Waals surface area contributed by atoms with Crippen LogP contribution in [0.4, 0.5) is 5.69 Å². The SMILES string of the molecule is COc1cccc(OCC(=O)Nc2ccccc2C(C)(C)C)c1. The Morgan fingerprint density at radius 2 is 1.74 bits per heavy atom. The number of nitrogens with one attached hydrogen (secondary N) is 1. The van der Waals surface area contributed by atoms with E-state index in [4.69, 9.17) is 9.47 Å². The number of amides is 1. The molecule has 2 aromatic rings. The molecule has 0 unspecified atom stereocenters. The second-order valence-corrected chi connectivity index (χ2v) is 6.31. The molecule has 2 aromatic carbocycles. The lowest BCUT2D eigenvalue weighted by Gasteiger charge is -2.23. The van der Waals surface area contributed by atoms with E-state index in [0.29, 0.717) is 11.5 Å². The molecule has 1 N–H and O–H groups in total. The highest BCUT2D eigenvalue weighted by Gasteiger charge is 2.18. The van der Waals surface area contributed by atoms with Crippen molar-refractivity contribution in [1.29, 1.82) is 0 Å². The lowest BCUT2D eigenvalue weighted by molar-refractivity contribution is -0.118. The van der Waals surface area contributed by atoms with E-state index < -0.39 is 0 Å². The average Bonchev–Trinajstić information content (AvgIpc) is 2.52. The van der Waals surface area contributed by atoms with E-state index in [9.17, 15) is 4.79 Å².